The number of ether oxygens (including phenoxy) is 2. The lowest BCUT2D eigenvalue weighted by Gasteiger charge is -2.26. The van der Waals surface area contributed by atoms with Crippen LogP contribution in [-0.4, -0.2) is 29.2 Å². The molecule has 0 saturated carbocycles. The molecule has 0 spiro atoms. The second-order valence-electron chi connectivity index (χ2n) is 6.69. The molecule has 0 aliphatic heterocycles. The van der Waals surface area contributed by atoms with Crippen LogP contribution in [0.4, 0.5) is 0 Å². The normalized spacial score (nSPS) is 12.1. The van der Waals surface area contributed by atoms with Crippen molar-refractivity contribution in [3.05, 3.63) is 52.5 Å². The summed E-state index contributed by atoms with van der Waals surface area (Å²) in [6.07, 6.45) is 0. The fourth-order valence-corrected chi connectivity index (χ4v) is 3.92. The molecule has 5 nitrogen and oxygen atoms in total. The Hall–Kier alpha value is -1.76. The summed E-state index contributed by atoms with van der Waals surface area (Å²) < 4.78 is 38.5. The van der Waals surface area contributed by atoms with Gasteiger partial charge in [-0.25, -0.2) is 13.1 Å². The Morgan fingerprint density at radius 3 is 2.27 bits per heavy atom. The molecule has 2 aromatic rings. The summed E-state index contributed by atoms with van der Waals surface area (Å²) in [4.78, 5) is 0.197. The monoisotopic (exact) mass is 397 g/mol. The van der Waals surface area contributed by atoms with Crippen LogP contribution in [0.2, 0.25) is 5.02 Å². The molecule has 0 atom stereocenters. The highest BCUT2D eigenvalue weighted by atomic mass is 35.5. The van der Waals surface area contributed by atoms with Gasteiger partial charge >= 0.3 is 0 Å². The van der Waals surface area contributed by atoms with E-state index >= 15 is 0 Å². The predicted octanol–water partition coefficient (Wildman–Crippen LogP) is 3.92. The van der Waals surface area contributed by atoms with Crippen molar-refractivity contribution in [3.8, 4) is 11.5 Å². The van der Waals surface area contributed by atoms with Crippen molar-refractivity contribution in [2.45, 2.75) is 31.1 Å². The maximum Gasteiger partial charge on any atom is 0.240 e. The first-order valence-corrected chi connectivity index (χ1v) is 9.95. The lowest BCUT2D eigenvalue weighted by Crippen LogP contribution is -2.36. The zero-order chi connectivity index (χ0) is 19.5. The molecule has 0 unspecified atom stereocenters. The van der Waals surface area contributed by atoms with E-state index < -0.39 is 15.4 Å². The molecular weight excluding hydrogens is 374 g/mol. The number of rotatable bonds is 7. The Balaban J connectivity index is 2.22. The minimum Gasteiger partial charge on any atom is -0.493 e. The minimum atomic E-state index is -3.63. The number of halogens is 1. The average molecular weight is 398 g/mol. The van der Waals surface area contributed by atoms with Gasteiger partial charge < -0.3 is 9.47 Å². The van der Waals surface area contributed by atoms with Crippen LogP contribution in [0.1, 0.15) is 25.0 Å². The van der Waals surface area contributed by atoms with Gasteiger partial charge in [-0.15, -0.1) is 0 Å². The highest BCUT2D eigenvalue weighted by molar-refractivity contribution is 7.89. The molecule has 26 heavy (non-hydrogen) atoms. The van der Waals surface area contributed by atoms with Crippen LogP contribution in [0.15, 0.2) is 41.3 Å². The molecule has 2 aromatic carbocycles. The van der Waals surface area contributed by atoms with E-state index in [0.29, 0.717) is 22.1 Å². The zero-order valence-corrected chi connectivity index (χ0v) is 17.2. The minimum absolute atomic E-state index is 0.197. The van der Waals surface area contributed by atoms with Gasteiger partial charge in [-0.1, -0.05) is 31.5 Å². The van der Waals surface area contributed by atoms with E-state index in [1.807, 2.05) is 32.0 Å². The number of benzene rings is 2. The summed E-state index contributed by atoms with van der Waals surface area (Å²) in [5.74, 6) is 1.23. The summed E-state index contributed by atoms with van der Waals surface area (Å²) in [5.41, 5.74) is 1.20. The SMILES string of the molecule is COc1ccc(C(C)(C)CNS(=O)(=O)c2ccc(Cl)c(C)c2)cc1OC. The van der Waals surface area contributed by atoms with E-state index in [-0.39, 0.29) is 11.4 Å². The van der Waals surface area contributed by atoms with Crippen LogP contribution in [0.3, 0.4) is 0 Å². The Morgan fingerprint density at radius 2 is 1.69 bits per heavy atom. The van der Waals surface area contributed by atoms with Gasteiger partial charge in [0, 0.05) is 17.0 Å². The fourth-order valence-electron chi connectivity index (χ4n) is 2.50. The zero-order valence-electron chi connectivity index (χ0n) is 15.6. The molecule has 0 aliphatic rings. The molecule has 0 saturated heterocycles. The third-order valence-electron chi connectivity index (χ3n) is 4.31. The number of methoxy groups -OCH3 is 2. The van der Waals surface area contributed by atoms with Gasteiger partial charge in [0.25, 0.3) is 0 Å². The Morgan fingerprint density at radius 1 is 1.04 bits per heavy atom. The van der Waals surface area contributed by atoms with Gasteiger partial charge in [0.05, 0.1) is 19.1 Å². The summed E-state index contributed by atoms with van der Waals surface area (Å²) in [6, 6.07) is 10.2. The number of aryl methyl sites for hydroxylation is 1. The van der Waals surface area contributed by atoms with E-state index in [9.17, 15) is 8.42 Å². The quantitative estimate of drug-likeness (QED) is 0.769. The summed E-state index contributed by atoms with van der Waals surface area (Å²) in [7, 11) is -0.490. The second kappa shape index (κ2) is 7.86. The highest BCUT2D eigenvalue weighted by Crippen LogP contribution is 2.33. The van der Waals surface area contributed by atoms with Crippen molar-refractivity contribution in [1.29, 1.82) is 0 Å². The van der Waals surface area contributed by atoms with E-state index in [0.717, 1.165) is 5.56 Å². The molecule has 0 bridgehead atoms. The maximum atomic E-state index is 12.6. The smallest absolute Gasteiger partial charge is 0.240 e. The van der Waals surface area contributed by atoms with Crippen LogP contribution < -0.4 is 14.2 Å². The molecule has 0 aromatic heterocycles. The van der Waals surface area contributed by atoms with Crippen LogP contribution in [0.5, 0.6) is 11.5 Å². The van der Waals surface area contributed by atoms with Gasteiger partial charge in [-0.2, -0.15) is 0 Å². The molecule has 0 amide bonds. The molecule has 0 heterocycles. The summed E-state index contributed by atoms with van der Waals surface area (Å²) >= 11 is 5.98. The molecule has 0 aliphatic carbocycles. The lowest BCUT2D eigenvalue weighted by atomic mass is 9.85. The molecule has 142 valence electrons. The van der Waals surface area contributed by atoms with Crippen LogP contribution in [0.25, 0.3) is 0 Å². The van der Waals surface area contributed by atoms with Crippen molar-refractivity contribution in [3.63, 3.8) is 0 Å². The third kappa shape index (κ3) is 4.50. The van der Waals surface area contributed by atoms with E-state index in [2.05, 4.69) is 4.72 Å². The van der Waals surface area contributed by atoms with Crippen LogP contribution >= 0.6 is 11.6 Å². The molecule has 2 rings (SSSR count). The summed E-state index contributed by atoms with van der Waals surface area (Å²) in [6.45, 7) is 5.93. The van der Waals surface area contributed by atoms with Gasteiger partial charge in [-0.05, 0) is 48.4 Å². The number of hydrogen-bond acceptors (Lipinski definition) is 4. The first-order chi connectivity index (χ1) is 12.1. The van der Waals surface area contributed by atoms with Gasteiger partial charge in [0.2, 0.25) is 10.0 Å². The Kier molecular flexibility index (Phi) is 6.21. The topological polar surface area (TPSA) is 64.6 Å². The molecule has 0 radical (unpaired) electrons. The van der Waals surface area contributed by atoms with E-state index in [1.54, 1.807) is 33.3 Å². The highest BCUT2D eigenvalue weighted by Gasteiger charge is 2.25. The van der Waals surface area contributed by atoms with Gasteiger partial charge in [-0.3, -0.25) is 0 Å². The predicted molar refractivity (Wildman–Crippen MR) is 104 cm³/mol. The van der Waals surface area contributed by atoms with Crippen molar-refractivity contribution in [2.24, 2.45) is 0 Å². The van der Waals surface area contributed by atoms with Crippen molar-refractivity contribution < 1.29 is 17.9 Å². The van der Waals surface area contributed by atoms with Crippen LogP contribution in [-0.2, 0) is 15.4 Å². The molecular formula is C19H24ClNO4S. The summed E-state index contributed by atoms with van der Waals surface area (Å²) in [5, 5.41) is 0.537. The molecule has 0 fully saturated rings. The molecule has 1 N–H and O–H groups in total. The fraction of sp³-hybridized carbons (Fsp3) is 0.368. The van der Waals surface area contributed by atoms with Crippen molar-refractivity contribution in [2.75, 3.05) is 20.8 Å². The number of nitrogens with one attached hydrogen (secondary N) is 1. The van der Waals surface area contributed by atoms with Crippen molar-refractivity contribution >= 4 is 21.6 Å². The average Bonchev–Trinajstić information content (AvgIpc) is 2.61. The number of hydrogen-bond donors (Lipinski definition) is 1. The second-order valence-corrected chi connectivity index (χ2v) is 8.86. The first-order valence-electron chi connectivity index (χ1n) is 8.09. The van der Waals surface area contributed by atoms with E-state index in [4.69, 9.17) is 21.1 Å². The van der Waals surface area contributed by atoms with Crippen LogP contribution in [0, 0.1) is 6.92 Å². The molecule has 7 heteroatoms. The third-order valence-corrected chi connectivity index (χ3v) is 6.13. The Bertz CT molecular complexity index is 894. The Labute approximate surface area is 160 Å². The van der Waals surface area contributed by atoms with Gasteiger partial charge in [0.15, 0.2) is 11.5 Å². The number of sulfonamides is 1. The van der Waals surface area contributed by atoms with Gasteiger partial charge in [0.1, 0.15) is 0 Å². The van der Waals surface area contributed by atoms with E-state index in [1.165, 1.54) is 6.07 Å². The first kappa shape index (κ1) is 20.6. The standard InChI is InChI=1S/C19H24ClNO4S/c1-13-10-15(7-8-16(13)20)26(22,23)21-12-19(2,3)14-6-9-17(24-4)18(11-14)25-5/h6-11,21H,12H2,1-5H3. The maximum absolute atomic E-state index is 12.6. The largest absolute Gasteiger partial charge is 0.493 e. The van der Waals surface area contributed by atoms with Crippen molar-refractivity contribution in [1.82, 2.24) is 4.72 Å². The lowest BCUT2D eigenvalue weighted by molar-refractivity contribution is 0.353.